The van der Waals surface area contributed by atoms with E-state index in [0.29, 0.717) is 32.0 Å². The largest absolute Gasteiger partial charge is 0.466 e. The summed E-state index contributed by atoms with van der Waals surface area (Å²) in [5.41, 5.74) is -0.634. The molecule has 5 heteroatoms. The molecule has 1 aliphatic heterocycles. The topological polar surface area (TPSA) is 58.6 Å². The normalized spacial score (nSPS) is 34.7. The van der Waals surface area contributed by atoms with Crippen LogP contribution in [0.3, 0.4) is 0 Å². The van der Waals surface area contributed by atoms with Gasteiger partial charge in [0.15, 0.2) is 0 Å². The molecule has 0 spiro atoms. The first kappa shape index (κ1) is 16.1. The van der Waals surface area contributed by atoms with Gasteiger partial charge in [0, 0.05) is 18.3 Å². The summed E-state index contributed by atoms with van der Waals surface area (Å²) in [5, 5.41) is 14.1. The van der Waals surface area contributed by atoms with Crippen LogP contribution in [0.5, 0.6) is 0 Å². The van der Waals surface area contributed by atoms with Crippen LogP contribution in [0.2, 0.25) is 0 Å². The quantitative estimate of drug-likeness (QED) is 0.760. The molecule has 1 saturated carbocycles. The van der Waals surface area contributed by atoms with Crippen molar-refractivity contribution in [2.45, 2.75) is 57.1 Å². The van der Waals surface area contributed by atoms with Crippen LogP contribution in [-0.4, -0.2) is 47.4 Å². The van der Waals surface area contributed by atoms with E-state index in [9.17, 15) is 9.90 Å². The van der Waals surface area contributed by atoms with Gasteiger partial charge in [0.2, 0.25) is 0 Å². The minimum absolute atomic E-state index is 0.0135. The van der Waals surface area contributed by atoms with Gasteiger partial charge in [0.25, 0.3) is 0 Å². The molecule has 1 unspecified atom stereocenters. The number of aliphatic hydroxyl groups is 1. The molecule has 0 radical (unpaired) electrons. The minimum Gasteiger partial charge on any atom is -0.466 e. The van der Waals surface area contributed by atoms with Crippen molar-refractivity contribution in [3.05, 3.63) is 0 Å². The lowest BCUT2D eigenvalue weighted by atomic mass is 9.78. The van der Waals surface area contributed by atoms with Gasteiger partial charge in [-0.2, -0.15) is 11.8 Å². The molecule has 2 N–H and O–H groups in total. The monoisotopic (exact) mass is 301 g/mol. The predicted octanol–water partition coefficient (Wildman–Crippen LogP) is 1.96. The summed E-state index contributed by atoms with van der Waals surface area (Å²) in [6, 6.07) is 0.542. The Morgan fingerprint density at radius 1 is 1.40 bits per heavy atom. The van der Waals surface area contributed by atoms with Crippen molar-refractivity contribution in [1.82, 2.24) is 5.32 Å². The third-order valence-corrected chi connectivity index (χ3v) is 5.63. The minimum atomic E-state index is -0.634. The average Bonchev–Trinajstić information content (AvgIpc) is 2.47. The van der Waals surface area contributed by atoms with E-state index >= 15 is 0 Å². The van der Waals surface area contributed by atoms with Gasteiger partial charge in [-0.15, -0.1) is 0 Å². The fourth-order valence-electron chi connectivity index (χ4n) is 3.06. The Balaban J connectivity index is 1.71. The third-order valence-electron chi connectivity index (χ3n) is 4.42. The van der Waals surface area contributed by atoms with E-state index in [-0.39, 0.29) is 11.9 Å². The highest BCUT2D eigenvalue weighted by atomic mass is 32.2. The van der Waals surface area contributed by atoms with Crippen LogP contribution < -0.4 is 5.32 Å². The van der Waals surface area contributed by atoms with Crippen LogP contribution in [-0.2, 0) is 9.53 Å². The number of hydrogen-bond donors (Lipinski definition) is 2. The van der Waals surface area contributed by atoms with Crippen molar-refractivity contribution >= 4 is 17.7 Å². The van der Waals surface area contributed by atoms with E-state index in [1.165, 1.54) is 18.6 Å². The molecule has 1 atom stereocenters. The molecule has 4 nitrogen and oxygen atoms in total. The Kier molecular flexibility index (Phi) is 6.18. The number of thioether (sulfide) groups is 1. The number of carbonyl (C=O) groups excluding carboxylic acids is 1. The zero-order valence-electron chi connectivity index (χ0n) is 12.4. The maximum absolute atomic E-state index is 11.7. The Labute approximate surface area is 126 Å². The van der Waals surface area contributed by atoms with Crippen LogP contribution in [0, 0.1) is 5.92 Å². The number of esters is 1. The number of carbonyl (C=O) groups is 1. The molecule has 2 rings (SSSR count). The lowest BCUT2D eigenvalue weighted by Gasteiger charge is -2.37. The fourth-order valence-corrected chi connectivity index (χ4v) is 4.17. The molecule has 116 valence electrons. The molecule has 0 aromatic carbocycles. The van der Waals surface area contributed by atoms with Crippen LogP contribution in [0.1, 0.15) is 45.4 Å². The SMILES string of the molecule is CCOC(=O)C1CCC(O)(CNC2CCCSC2)CC1. The van der Waals surface area contributed by atoms with Gasteiger partial charge in [0.1, 0.15) is 0 Å². The molecular weight excluding hydrogens is 274 g/mol. The van der Waals surface area contributed by atoms with Crippen LogP contribution in [0.25, 0.3) is 0 Å². The summed E-state index contributed by atoms with van der Waals surface area (Å²) in [7, 11) is 0. The maximum atomic E-state index is 11.7. The predicted molar refractivity (Wildman–Crippen MR) is 81.9 cm³/mol. The van der Waals surface area contributed by atoms with E-state index in [0.717, 1.165) is 18.6 Å². The zero-order valence-corrected chi connectivity index (χ0v) is 13.2. The first-order valence-electron chi connectivity index (χ1n) is 7.83. The first-order chi connectivity index (χ1) is 9.63. The Morgan fingerprint density at radius 2 is 2.15 bits per heavy atom. The molecule has 1 saturated heterocycles. The lowest BCUT2D eigenvalue weighted by molar-refractivity contribution is -0.151. The summed E-state index contributed by atoms with van der Waals surface area (Å²) < 4.78 is 5.07. The first-order valence-corrected chi connectivity index (χ1v) is 8.98. The number of rotatable bonds is 5. The molecule has 0 amide bonds. The van der Waals surface area contributed by atoms with Crippen molar-refractivity contribution in [3.8, 4) is 0 Å². The van der Waals surface area contributed by atoms with Gasteiger partial charge in [-0.05, 0) is 51.2 Å². The second-order valence-electron chi connectivity index (χ2n) is 6.05. The average molecular weight is 301 g/mol. The molecule has 1 heterocycles. The van der Waals surface area contributed by atoms with Gasteiger partial charge in [-0.25, -0.2) is 0 Å². The maximum Gasteiger partial charge on any atom is 0.308 e. The van der Waals surface area contributed by atoms with Gasteiger partial charge in [-0.1, -0.05) is 0 Å². The molecule has 2 fully saturated rings. The van der Waals surface area contributed by atoms with E-state index in [1.807, 2.05) is 18.7 Å². The summed E-state index contributed by atoms with van der Waals surface area (Å²) in [6.07, 6.45) is 5.37. The Hall–Kier alpha value is -0.260. The molecule has 0 aromatic heterocycles. The second-order valence-corrected chi connectivity index (χ2v) is 7.20. The van der Waals surface area contributed by atoms with Crippen molar-refractivity contribution in [3.63, 3.8) is 0 Å². The highest BCUT2D eigenvalue weighted by Gasteiger charge is 2.36. The van der Waals surface area contributed by atoms with Gasteiger partial charge >= 0.3 is 5.97 Å². The molecular formula is C15H27NO3S. The van der Waals surface area contributed by atoms with Crippen LogP contribution in [0.4, 0.5) is 0 Å². The summed E-state index contributed by atoms with van der Waals surface area (Å²) in [4.78, 5) is 11.7. The van der Waals surface area contributed by atoms with Crippen molar-refractivity contribution < 1.29 is 14.6 Å². The molecule has 1 aliphatic carbocycles. The van der Waals surface area contributed by atoms with Gasteiger partial charge in [0.05, 0.1) is 18.1 Å². The van der Waals surface area contributed by atoms with Crippen molar-refractivity contribution in [2.75, 3.05) is 24.7 Å². The fraction of sp³-hybridized carbons (Fsp3) is 0.933. The Morgan fingerprint density at radius 3 is 2.75 bits per heavy atom. The van der Waals surface area contributed by atoms with Crippen LogP contribution in [0.15, 0.2) is 0 Å². The van der Waals surface area contributed by atoms with E-state index < -0.39 is 5.60 Å². The molecule has 20 heavy (non-hydrogen) atoms. The van der Waals surface area contributed by atoms with Gasteiger partial charge < -0.3 is 15.2 Å². The third kappa shape index (κ3) is 4.64. The number of hydrogen-bond acceptors (Lipinski definition) is 5. The highest BCUT2D eigenvalue weighted by Crippen LogP contribution is 2.32. The molecule has 0 bridgehead atoms. The smallest absolute Gasteiger partial charge is 0.308 e. The highest BCUT2D eigenvalue weighted by molar-refractivity contribution is 7.99. The lowest BCUT2D eigenvalue weighted by Crippen LogP contribution is -2.48. The summed E-state index contributed by atoms with van der Waals surface area (Å²) >= 11 is 1.99. The number of ether oxygens (including phenoxy) is 1. The number of nitrogens with one attached hydrogen (secondary N) is 1. The van der Waals surface area contributed by atoms with E-state index in [2.05, 4.69) is 5.32 Å². The van der Waals surface area contributed by atoms with E-state index in [1.54, 1.807) is 0 Å². The van der Waals surface area contributed by atoms with E-state index in [4.69, 9.17) is 4.74 Å². The summed E-state index contributed by atoms with van der Waals surface area (Å²) in [6.45, 7) is 2.94. The Bertz CT molecular complexity index is 310. The van der Waals surface area contributed by atoms with Crippen molar-refractivity contribution in [2.24, 2.45) is 5.92 Å². The van der Waals surface area contributed by atoms with Crippen LogP contribution >= 0.6 is 11.8 Å². The second kappa shape index (κ2) is 7.66. The zero-order chi connectivity index (χ0) is 14.4. The van der Waals surface area contributed by atoms with Crippen molar-refractivity contribution in [1.29, 1.82) is 0 Å². The standard InChI is InChI=1S/C15H27NO3S/c1-2-19-14(17)12-5-7-15(18,8-6-12)11-16-13-4-3-9-20-10-13/h12-13,16,18H,2-11H2,1H3. The molecule has 2 aliphatic rings. The summed E-state index contributed by atoms with van der Waals surface area (Å²) in [5.74, 6) is 2.32. The van der Waals surface area contributed by atoms with Gasteiger partial charge in [-0.3, -0.25) is 4.79 Å². The molecule has 0 aromatic rings.